The van der Waals surface area contributed by atoms with E-state index in [-0.39, 0.29) is 13.1 Å². The highest BCUT2D eigenvalue weighted by molar-refractivity contribution is 7.51. The van der Waals surface area contributed by atoms with Crippen LogP contribution in [-0.2, 0) is 9.36 Å². The molecular weight excluding hydrogens is 211 g/mol. The van der Waals surface area contributed by atoms with Crippen molar-refractivity contribution >= 4 is 13.5 Å². The molecular formula is C6H13N2O5P. The first-order chi connectivity index (χ1) is 6.37. The number of rotatable bonds is 6. The van der Waals surface area contributed by atoms with Crippen molar-refractivity contribution < 1.29 is 24.4 Å². The Labute approximate surface area is 81.1 Å². The molecule has 4 N–H and O–H groups in total. The van der Waals surface area contributed by atoms with Gasteiger partial charge in [0.05, 0.1) is 6.67 Å². The second-order valence-electron chi connectivity index (χ2n) is 2.52. The smallest absolute Gasteiger partial charge is 0.324 e. The molecule has 1 amide bonds. The van der Waals surface area contributed by atoms with E-state index in [1.807, 2.05) is 0 Å². The van der Waals surface area contributed by atoms with E-state index >= 15 is 0 Å². The minimum atomic E-state index is -4.15. The quantitative estimate of drug-likeness (QED) is 0.158. The summed E-state index contributed by atoms with van der Waals surface area (Å²) in [6.45, 7) is 2.96. The number of carbonyl (C=O) groups excluding carboxylic acids is 1. The maximum atomic E-state index is 10.9. The highest BCUT2D eigenvalue weighted by atomic mass is 31.2. The average molecular weight is 224 g/mol. The van der Waals surface area contributed by atoms with Gasteiger partial charge >= 0.3 is 7.60 Å². The van der Waals surface area contributed by atoms with E-state index in [2.05, 4.69) is 11.9 Å². The van der Waals surface area contributed by atoms with E-state index in [9.17, 15) is 9.36 Å². The summed E-state index contributed by atoms with van der Waals surface area (Å²) >= 11 is 0. The number of hydroxylamine groups is 2. The van der Waals surface area contributed by atoms with Crippen molar-refractivity contribution in [2.45, 2.75) is 6.42 Å². The van der Waals surface area contributed by atoms with Crippen LogP contribution < -0.4 is 5.32 Å². The fourth-order valence-corrected chi connectivity index (χ4v) is 1.01. The molecule has 82 valence electrons. The second kappa shape index (κ2) is 5.90. The SMILES string of the molecule is C=CCC(=O)N(O)CNCP(=O)(O)O. The van der Waals surface area contributed by atoms with Crippen molar-refractivity contribution in [3.8, 4) is 0 Å². The summed E-state index contributed by atoms with van der Waals surface area (Å²) in [7, 11) is -4.15. The van der Waals surface area contributed by atoms with Gasteiger partial charge in [-0.1, -0.05) is 6.08 Å². The van der Waals surface area contributed by atoms with Crippen LogP contribution in [0.4, 0.5) is 0 Å². The molecule has 0 bridgehead atoms. The summed E-state index contributed by atoms with van der Waals surface area (Å²) in [5.41, 5.74) is 0. The Kier molecular flexibility index (Phi) is 5.59. The van der Waals surface area contributed by atoms with Gasteiger partial charge in [0.1, 0.15) is 6.29 Å². The fourth-order valence-electron chi connectivity index (χ4n) is 0.619. The second-order valence-corrected chi connectivity index (χ2v) is 4.16. The fraction of sp³-hybridized carbons (Fsp3) is 0.500. The molecule has 0 atom stereocenters. The summed E-state index contributed by atoms with van der Waals surface area (Å²) in [6, 6.07) is 0. The largest absolute Gasteiger partial charge is 0.339 e. The van der Waals surface area contributed by atoms with Crippen LogP contribution in [0.2, 0.25) is 0 Å². The lowest BCUT2D eigenvalue weighted by Crippen LogP contribution is -2.36. The molecule has 0 radical (unpaired) electrons. The number of nitrogens with one attached hydrogen (secondary N) is 1. The van der Waals surface area contributed by atoms with Crippen LogP contribution in [0.1, 0.15) is 6.42 Å². The van der Waals surface area contributed by atoms with Crippen LogP contribution in [0, 0.1) is 0 Å². The van der Waals surface area contributed by atoms with Crippen molar-refractivity contribution in [2.24, 2.45) is 0 Å². The van der Waals surface area contributed by atoms with E-state index < -0.39 is 19.8 Å². The van der Waals surface area contributed by atoms with Gasteiger partial charge in [-0.3, -0.25) is 19.9 Å². The van der Waals surface area contributed by atoms with Crippen molar-refractivity contribution in [3.63, 3.8) is 0 Å². The molecule has 0 aliphatic carbocycles. The van der Waals surface area contributed by atoms with E-state index in [4.69, 9.17) is 15.0 Å². The van der Waals surface area contributed by atoms with E-state index in [1.54, 1.807) is 0 Å². The molecule has 0 saturated carbocycles. The van der Waals surface area contributed by atoms with Gasteiger partial charge in [-0.25, -0.2) is 5.06 Å². The van der Waals surface area contributed by atoms with Gasteiger partial charge in [-0.05, 0) is 0 Å². The van der Waals surface area contributed by atoms with E-state index in [1.165, 1.54) is 6.08 Å². The Morgan fingerprint density at radius 1 is 1.57 bits per heavy atom. The standard InChI is InChI=1S/C6H13N2O5P/c1-2-3-6(9)8(10)4-7-5-14(11,12)13/h2,7,10H,1,3-5H2,(H2,11,12,13). The molecule has 0 aromatic carbocycles. The van der Waals surface area contributed by atoms with Crippen LogP contribution in [0.5, 0.6) is 0 Å². The molecule has 0 rings (SSSR count). The van der Waals surface area contributed by atoms with Crippen molar-refractivity contribution in [1.82, 2.24) is 10.4 Å². The number of hydrogen-bond donors (Lipinski definition) is 4. The molecule has 14 heavy (non-hydrogen) atoms. The van der Waals surface area contributed by atoms with Crippen LogP contribution in [0.15, 0.2) is 12.7 Å². The number of amides is 1. The molecule has 0 spiro atoms. The minimum Gasteiger partial charge on any atom is -0.324 e. The molecule has 0 heterocycles. The van der Waals surface area contributed by atoms with Gasteiger partial charge in [-0.15, -0.1) is 6.58 Å². The van der Waals surface area contributed by atoms with Crippen molar-refractivity contribution in [1.29, 1.82) is 0 Å². The first-order valence-corrected chi connectivity index (χ1v) is 5.52. The third-order valence-corrected chi connectivity index (χ3v) is 1.82. The van der Waals surface area contributed by atoms with E-state index in [0.717, 1.165) is 0 Å². The van der Waals surface area contributed by atoms with Crippen molar-refractivity contribution in [2.75, 3.05) is 13.0 Å². The Bertz CT molecular complexity index is 251. The molecule has 0 aromatic heterocycles. The van der Waals surface area contributed by atoms with Gasteiger partial charge in [0, 0.05) is 6.42 Å². The van der Waals surface area contributed by atoms with Gasteiger partial charge < -0.3 is 9.79 Å². The predicted octanol–water partition coefficient (Wildman–Crippen LogP) is -0.537. The zero-order valence-corrected chi connectivity index (χ0v) is 8.35. The van der Waals surface area contributed by atoms with Crippen LogP contribution in [0.3, 0.4) is 0 Å². The number of hydrogen-bond acceptors (Lipinski definition) is 4. The number of nitrogens with zero attached hydrogens (tertiary/aromatic N) is 1. The zero-order chi connectivity index (χ0) is 11.2. The van der Waals surface area contributed by atoms with Gasteiger partial charge in [0.25, 0.3) is 5.91 Å². The van der Waals surface area contributed by atoms with Crippen LogP contribution in [0.25, 0.3) is 0 Å². The molecule has 0 aliphatic rings. The Hall–Kier alpha value is -0.720. The highest BCUT2D eigenvalue weighted by Crippen LogP contribution is 2.31. The molecule has 0 aliphatic heterocycles. The molecule has 0 aromatic rings. The molecule has 8 heteroatoms. The van der Waals surface area contributed by atoms with E-state index in [0.29, 0.717) is 5.06 Å². The summed E-state index contributed by atoms with van der Waals surface area (Å²) in [6.07, 6.45) is 0.689. The average Bonchev–Trinajstić information content (AvgIpc) is 2.02. The highest BCUT2D eigenvalue weighted by Gasteiger charge is 2.13. The molecule has 0 fully saturated rings. The maximum absolute atomic E-state index is 10.9. The summed E-state index contributed by atoms with van der Waals surface area (Å²) in [4.78, 5) is 27.7. The van der Waals surface area contributed by atoms with Crippen molar-refractivity contribution in [3.05, 3.63) is 12.7 Å². The zero-order valence-electron chi connectivity index (χ0n) is 7.46. The lowest BCUT2D eigenvalue weighted by Gasteiger charge is -2.14. The monoisotopic (exact) mass is 224 g/mol. The Morgan fingerprint density at radius 3 is 2.57 bits per heavy atom. The summed E-state index contributed by atoms with van der Waals surface area (Å²) in [5, 5.41) is 11.5. The number of carbonyl (C=O) groups is 1. The molecule has 0 unspecified atom stereocenters. The predicted molar refractivity (Wildman–Crippen MR) is 48.4 cm³/mol. The third kappa shape index (κ3) is 6.76. The molecule has 0 saturated heterocycles. The lowest BCUT2D eigenvalue weighted by atomic mass is 10.4. The normalized spacial score (nSPS) is 11.1. The summed E-state index contributed by atoms with van der Waals surface area (Å²) < 4.78 is 10.3. The van der Waals surface area contributed by atoms with Crippen LogP contribution in [-0.4, -0.2) is 38.9 Å². The first-order valence-electron chi connectivity index (χ1n) is 3.72. The maximum Gasteiger partial charge on any atom is 0.339 e. The molecule has 7 nitrogen and oxygen atoms in total. The van der Waals surface area contributed by atoms with Gasteiger partial charge in [0.2, 0.25) is 0 Å². The Balaban J connectivity index is 3.74. The Morgan fingerprint density at radius 2 is 2.14 bits per heavy atom. The lowest BCUT2D eigenvalue weighted by molar-refractivity contribution is -0.165. The first kappa shape index (κ1) is 13.3. The summed E-state index contributed by atoms with van der Waals surface area (Å²) in [5.74, 6) is -0.599. The van der Waals surface area contributed by atoms with Crippen LogP contribution >= 0.6 is 7.60 Å². The van der Waals surface area contributed by atoms with Gasteiger partial charge in [0.15, 0.2) is 0 Å². The third-order valence-electron chi connectivity index (χ3n) is 1.19. The van der Waals surface area contributed by atoms with Gasteiger partial charge in [-0.2, -0.15) is 0 Å². The topological polar surface area (TPSA) is 110 Å². The minimum absolute atomic E-state index is 0.0336.